The highest BCUT2D eigenvalue weighted by Gasteiger charge is 2.19. The Morgan fingerprint density at radius 1 is 1.22 bits per heavy atom. The number of benzene rings is 1. The van der Waals surface area contributed by atoms with Crippen molar-refractivity contribution in [3.05, 3.63) is 58.3 Å². The zero-order valence-electron chi connectivity index (χ0n) is 13.9. The summed E-state index contributed by atoms with van der Waals surface area (Å²) in [5, 5.41) is 5.11. The molecule has 0 fully saturated rings. The number of nitrogens with one attached hydrogen (secondary N) is 1. The van der Waals surface area contributed by atoms with Crippen molar-refractivity contribution in [3.8, 4) is 0 Å². The summed E-state index contributed by atoms with van der Waals surface area (Å²) in [6.07, 6.45) is 0. The normalized spacial score (nSPS) is 13.7. The van der Waals surface area contributed by atoms with Crippen molar-refractivity contribution in [2.45, 2.75) is 24.0 Å². The molecule has 2 rings (SSSR count). The lowest BCUT2D eigenvalue weighted by atomic mass is 10.2. The van der Waals surface area contributed by atoms with Crippen molar-refractivity contribution < 1.29 is 4.79 Å². The Balaban J connectivity index is 1.81. The van der Waals surface area contributed by atoms with Crippen molar-refractivity contribution in [2.75, 3.05) is 20.6 Å². The fraction of sp³-hybridized carbons (Fsp3) is 0.389. The number of thioether (sulfide) groups is 1. The second-order valence-electron chi connectivity index (χ2n) is 5.68. The fourth-order valence-electron chi connectivity index (χ4n) is 2.23. The number of hydrogen-bond donors (Lipinski definition) is 1. The summed E-state index contributed by atoms with van der Waals surface area (Å²) in [5.41, 5.74) is 1.25. The van der Waals surface area contributed by atoms with Crippen LogP contribution in [0.4, 0.5) is 0 Å². The fourth-order valence-corrected chi connectivity index (χ4v) is 4.02. The maximum absolute atomic E-state index is 12.3. The van der Waals surface area contributed by atoms with Gasteiger partial charge in [-0.3, -0.25) is 4.79 Å². The summed E-state index contributed by atoms with van der Waals surface area (Å²) in [7, 11) is 4.09. The van der Waals surface area contributed by atoms with Crippen molar-refractivity contribution >= 4 is 29.0 Å². The lowest BCUT2D eigenvalue weighted by Crippen LogP contribution is -2.37. The first kappa shape index (κ1) is 18.0. The van der Waals surface area contributed by atoms with Crippen LogP contribution < -0.4 is 5.32 Å². The summed E-state index contributed by atoms with van der Waals surface area (Å²) in [5.74, 6) is 0.964. The number of rotatable bonds is 8. The van der Waals surface area contributed by atoms with E-state index in [1.54, 1.807) is 23.1 Å². The molecule has 1 amide bonds. The van der Waals surface area contributed by atoms with Gasteiger partial charge in [-0.15, -0.1) is 23.1 Å². The standard InChI is InChI=1S/C18H24N2OS2/c1-14(23-13-15-8-5-4-6-9-15)18(21)19-12-16(20(2)3)17-10-7-11-22-17/h4-11,14,16H,12-13H2,1-3H3,(H,19,21). The molecule has 1 aromatic heterocycles. The smallest absolute Gasteiger partial charge is 0.232 e. The van der Waals surface area contributed by atoms with E-state index in [1.807, 2.05) is 39.2 Å². The lowest BCUT2D eigenvalue weighted by Gasteiger charge is -2.24. The number of hydrogen-bond acceptors (Lipinski definition) is 4. The summed E-state index contributed by atoms with van der Waals surface area (Å²) in [6.45, 7) is 2.61. The number of likely N-dealkylation sites (N-methyl/N-ethyl adjacent to an activating group) is 1. The van der Waals surface area contributed by atoms with Crippen molar-refractivity contribution in [2.24, 2.45) is 0 Å². The third-order valence-electron chi connectivity index (χ3n) is 3.68. The maximum atomic E-state index is 12.3. The maximum Gasteiger partial charge on any atom is 0.232 e. The molecule has 2 aromatic rings. The number of carbonyl (C=O) groups excluding carboxylic acids is 1. The van der Waals surface area contributed by atoms with Gasteiger partial charge in [-0.05, 0) is 38.0 Å². The molecule has 0 saturated heterocycles. The van der Waals surface area contributed by atoms with Crippen LogP contribution in [0.15, 0.2) is 47.8 Å². The van der Waals surface area contributed by atoms with Gasteiger partial charge in [0.25, 0.3) is 0 Å². The van der Waals surface area contributed by atoms with Crippen molar-refractivity contribution in [1.29, 1.82) is 0 Å². The predicted octanol–water partition coefficient (Wildman–Crippen LogP) is 3.79. The van der Waals surface area contributed by atoms with Gasteiger partial charge in [-0.25, -0.2) is 0 Å². The number of carbonyl (C=O) groups is 1. The van der Waals surface area contributed by atoms with E-state index in [4.69, 9.17) is 0 Å². The molecule has 0 aliphatic heterocycles. The summed E-state index contributed by atoms with van der Waals surface area (Å²) < 4.78 is 0. The van der Waals surface area contributed by atoms with Gasteiger partial charge >= 0.3 is 0 Å². The number of nitrogens with zero attached hydrogens (tertiary/aromatic N) is 1. The van der Waals surface area contributed by atoms with Crippen molar-refractivity contribution in [3.63, 3.8) is 0 Å². The van der Waals surface area contributed by atoms with E-state index in [0.717, 1.165) is 5.75 Å². The zero-order chi connectivity index (χ0) is 16.7. The minimum atomic E-state index is -0.0543. The van der Waals surface area contributed by atoms with Crippen LogP contribution in [0.5, 0.6) is 0 Å². The minimum absolute atomic E-state index is 0.0543. The van der Waals surface area contributed by atoms with E-state index >= 15 is 0 Å². The summed E-state index contributed by atoms with van der Waals surface area (Å²) in [4.78, 5) is 15.7. The highest BCUT2D eigenvalue weighted by atomic mass is 32.2. The molecule has 0 aliphatic carbocycles. The van der Waals surface area contributed by atoms with Gasteiger partial charge in [-0.2, -0.15) is 0 Å². The Morgan fingerprint density at radius 3 is 2.57 bits per heavy atom. The molecule has 1 N–H and O–H groups in total. The van der Waals surface area contributed by atoms with E-state index < -0.39 is 0 Å². The summed E-state index contributed by atoms with van der Waals surface area (Å²) in [6, 6.07) is 14.7. The monoisotopic (exact) mass is 348 g/mol. The van der Waals surface area contributed by atoms with Crippen LogP contribution in [0.2, 0.25) is 0 Å². The third-order valence-corrected chi connectivity index (χ3v) is 5.86. The molecule has 3 nitrogen and oxygen atoms in total. The molecule has 2 unspecified atom stereocenters. The Bertz CT molecular complexity index is 584. The van der Waals surface area contributed by atoms with Crippen LogP contribution in [0.25, 0.3) is 0 Å². The van der Waals surface area contributed by atoms with Gasteiger partial charge in [0.15, 0.2) is 0 Å². The largest absolute Gasteiger partial charge is 0.353 e. The second kappa shape index (κ2) is 9.11. The first-order valence-corrected chi connectivity index (χ1v) is 9.64. The molecule has 124 valence electrons. The van der Waals surface area contributed by atoms with Gasteiger partial charge in [-0.1, -0.05) is 36.4 Å². The van der Waals surface area contributed by atoms with E-state index in [0.29, 0.717) is 6.54 Å². The van der Waals surface area contributed by atoms with E-state index in [1.165, 1.54) is 10.4 Å². The van der Waals surface area contributed by atoms with Crippen molar-refractivity contribution in [1.82, 2.24) is 10.2 Å². The van der Waals surface area contributed by atoms with Crippen LogP contribution in [-0.2, 0) is 10.5 Å². The number of thiophene rings is 1. The molecule has 5 heteroatoms. The van der Waals surface area contributed by atoms with Crippen LogP contribution in [0.1, 0.15) is 23.4 Å². The molecular weight excluding hydrogens is 324 g/mol. The van der Waals surface area contributed by atoms with Crippen LogP contribution >= 0.6 is 23.1 Å². The summed E-state index contributed by atoms with van der Waals surface area (Å²) >= 11 is 3.40. The minimum Gasteiger partial charge on any atom is -0.353 e. The third kappa shape index (κ3) is 5.68. The first-order chi connectivity index (χ1) is 11.1. The molecule has 2 atom stereocenters. The van der Waals surface area contributed by atoms with Gasteiger partial charge in [0.05, 0.1) is 11.3 Å². The van der Waals surface area contributed by atoms with E-state index in [2.05, 4.69) is 39.9 Å². The molecule has 23 heavy (non-hydrogen) atoms. The topological polar surface area (TPSA) is 32.3 Å². The molecule has 1 heterocycles. The predicted molar refractivity (Wildman–Crippen MR) is 101 cm³/mol. The first-order valence-electron chi connectivity index (χ1n) is 7.71. The number of amides is 1. The SMILES string of the molecule is CC(SCc1ccccc1)C(=O)NCC(c1cccs1)N(C)C. The molecule has 1 aromatic carbocycles. The van der Waals surface area contributed by atoms with Gasteiger partial charge in [0, 0.05) is 17.2 Å². The quantitative estimate of drug-likeness (QED) is 0.788. The zero-order valence-corrected chi connectivity index (χ0v) is 15.5. The molecule has 0 bridgehead atoms. The van der Waals surface area contributed by atoms with Gasteiger partial charge in [0.2, 0.25) is 5.91 Å². The van der Waals surface area contributed by atoms with Gasteiger partial charge < -0.3 is 10.2 Å². The average Bonchev–Trinajstić information content (AvgIpc) is 3.07. The van der Waals surface area contributed by atoms with E-state index in [9.17, 15) is 4.79 Å². The molecular formula is C18H24N2OS2. The Labute approximate surface area is 147 Å². The van der Waals surface area contributed by atoms with E-state index in [-0.39, 0.29) is 17.2 Å². The van der Waals surface area contributed by atoms with Crippen LogP contribution in [-0.4, -0.2) is 36.7 Å². The Morgan fingerprint density at radius 2 is 1.96 bits per heavy atom. The highest BCUT2D eigenvalue weighted by molar-refractivity contribution is 7.99. The lowest BCUT2D eigenvalue weighted by molar-refractivity contribution is -0.120. The van der Waals surface area contributed by atoms with Crippen LogP contribution in [0, 0.1) is 0 Å². The highest BCUT2D eigenvalue weighted by Crippen LogP contribution is 2.23. The average molecular weight is 349 g/mol. The molecule has 0 saturated carbocycles. The molecule has 0 radical (unpaired) electrons. The van der Waals surface area contributed by atoms with Crippen LogP contribution in [0.3, 0.4) is 0 Å². The Kier molecular flexibility index (Phi) is 7.15. The second-order valence-corrected chi connectivity index (χ2v) is 7.99. The molecule has 0 aliphatic rings. The van der Waals surface area contributed by atoms with Gasteiger partial charge in [0.1, 0.15) is 0 Å². The Hall–Kier alpha value is -1.30. The molecule has 0 spiro atoms.